The summed E-state index contributed by atoms with van der Waals surface area (Å²) in [7, 11) is 0. The Labute approximate surface area is 272 Å². The minimum atomic E-state index is -0.526. The number of halogens is 3. The van der Waals surface area contributed by atoms with Gasteiger partial charge in [0.1, 0.15) is 11.9 Å². The molecule has 0 bridgehead atoms. The van der Waals surface area contributed by atoms with E-state index in [2.05, 4.69) is 73.2 Å². The Morgan fingerprint density at radius 2 is 1.96 bits per heavy atom. The lowest BCUT2D eigenvalue weighted by Crippen LogP contribution is -2.48. The molecule has 9 nitrogen and oxygen atoms in total. The average Bonchev–Trinajstić information content (AvgIpc) is 3.55. The number of nitrogens with one attached hydrogen (secondary N) is 3. The maximum Gasteiger partial charge on any atom is 0.141 e. The topological polar surface area (TPSA) is 95.4 Å². The normalized spacial score (nSPS) is 16.3. The van der Waals surface area contributed by atoms with Crippen LogP contribution in [0.5, 0.6) is 0 Å². The maximum atomic E-state index is 13.9. The molecule has 0 unspecified atom stereocenters. The summed E-state index contributed by atoms with van der Waals surface area (Å²) in [6, 6.07) is 14.6. The van der Waals surface area contributed by atoms with Gasteiger partial charge in [-0.15, -0.1) is 5.53 Å². The average molecular weight is 647 g/mol. The van der Waals surface area contributed by atoms with Gasteiger partial charge in [0.2, 0.25) is 0 Å². The molecule has 0 saturated carbocycles. The number of nitrogens with zero attached hydrogens (tertiary/aromatic N) is 6. The van der Waals surface area contributed by atoms with Gasteiger partial charge in [-0.3, -0.25) is 15.0 Å². The van der Waals surface area contributed by atoms with Crippen LogP contribution in [0.2, 0.25) is 10.0 Å². The quantitative estimate of drug-likeness (QED) is 0.179. The third kappa shape index (κ3) is 6.35. The van der Waals surface area contributed by atoms with Gasteiger partial charge in [-0.2, -0.15) is 5.26 Å². The molecule has 0 aliphatic carbocycles. The van der Waals surface area contributed by atoms with Crippen LogP contribution in [0.15, 0.2) is 73.0 Å². The van der Waals surface area contributed by atoms with Crippen molar-refractivity contribution in [2.45, 2.75) is 38.8 Å². The molecular formula is C33H34Cl2FN9. The third-order valence-corrected chi connectivity index (χ3v) is 9.08. The van der Waals surface area contributed by atoms with Crippen molar-refractivity contribution in [1.82, 2.24) is 30.8 Å². The Balaban J connectivity index is 1.42. The van der Waals surface area contributed by atoms with E-state index in [1.165, 1.54) is 18.3 Å². The monoisotopic (exact) mass is 645 g/mol. The maximum absolute atomic E-state index is 13.9. The first-order valence-corrected chi connectivity index (χ1v) is 15.8. The molecule has 0 spiro atoms. The minimum absolute atomic E-state index is 0.0250. The molecule has 45 heavy (non-hydrogen) atoms. The highest BCUT2D eigenvalue weighted by molar-refractivity contribution is 6.36. The van der Waals surface area contributed by atoms with Crippen LogP contribution in [-0.2, 0) is 0 Å². The first-order valence-electron chi connectivity index (χ1n) is 15.0. The van der Waals surface area contributed by atoms with Crippen molar-refractivity contribution in [3.63, 3.8) is 0 Å². The van der Waals surface area contributed by atoms with Crippen LogP contribution in [0.25, 0.3) is 10.9 Å². The Morgan fingerprint density at radius 1 is 1.13 bits per heavy atom. The lowest BCUT2D eigenvalue weighted by molar-refractivity contribution is 0.112. The van der Waals surface area contributed by atoms with Crippen LogP contribution in [0, 0.1) is 17.1 Å². The number of pyridine rings is 2. The molecular weight excluding hydrogens is 612 g/mol. The zero-order valence-corrected chi connectivity index (χ0v) is 26.6. The first-order chi connectivity index (χ1) is 21.9. The van der Waals surface area contributed by atoms with Crippen molar-refractivity contribution in [3.05, 3.63) is 99.9 Å². The van der Waals surface area contributed by atoms with Gasteiger partial charge in [-0.05, 0) is 68.3 Å². The largest absolute Gasteiger partial charge is 0.359 e. The number of fused-ring (bicyclic) bond motifs is 1. The fourth-order valence-corrected chi connectivity index (χ4v) is 6.56. The van der Waals surface area contributed by atoms with Crippen molar-refractivity contribution in [3.8, 4) is 6.07 Å². The SMILES string of the molecule is CCN1CCC(N2C=C([C@H](c3cccnc3)N(CC)c3cc(Cl)c4ncc(C#N)c(Nc5ccc(F)c(Cl)c5)c4c3)NN2)CC1. The molecule has 0 amide bonds. The van der Waals surface area contributed by atoms with Crippen LogP contribution < -0.4 is 21.2 Å². The van der Waals surface area contributed by atoms with E-state index in [1.807, 2.05) is 24.4 Å². The first kappa shape index (κ1) is 30.9. The summed E-state index contributed by atoms with van der Waals surface area (Å²) in [6.07, 6.45) is 9.43. The van der Waals surface area contributed by atoms with E-state index in [9.17, 15) is 9.65 Å². The van der Waals surface area contributed by atoms with Crippen LogP contribution in [-0.4, -0.2) is 52.1 Å². The molecule has 232 valence electrons. The predicted octanol–water partition coefficient (Wildman–Crippen LogP) is 6.91. The smallest absolute Gasteiger partial charge is 0.141 e. The molecule has 4 heterocycles. The Bertz CT molecular complexity index is 1750. The molecule has 12 heteroatoms. The number of hydrazine groups is 2. The summed E-state index contributed by atoms with van der Waals surface area (Å²) in [5.74, 6) is -0.526. The second-order valence-corrected chi connectivity index (χ2v) is 11.9. The number of hydrogen-bond donors (Lipinski definition) is 3. The van der Waals surface area contributed by atoms with Crippen LogP contribution in [0.1, 0.15) is 43.9 Å². The number of nitriles is 1. The molecule has 1 saturated heterocycles. The predicted molar refractivity (Wildman–Crippen MR) is 177 cm³/mol. The molecule has 6 rings (SSSR count). The molecule has 3 N–H and O–H groups in total. The van der Waals surface area contributed by atoms with E-state index in [4.69, 9.17) is 23.2 Å². The zero-order chi connectivity index (χ0) is 31.5. The van der Waals surface area contributed by atoms with Crippen LogP contribution in [0.3, 0.4) is 0 Å². The zero-order valence-electron chi connectivity index (χ0n) is 25.1. The molecule has 2 aliphatic heterocycles. The number of likely N-dealkylation sites (N-methyl/N-ethyl adjacent to an activating group) is 1. The summed E-state index contributed by atoms with van der Waals surface area (Å²) < 4.78 is 13.9. The number of hydrogen-bond acceptors (Lipinski definition) is 9. The summed E-state index contributed by atoms with van der Waals surface area (Å²) in [6.45, 7) is 8.15. The van der Waals surface area contributed by atoms with Crippen molar-refractivity contribution >= 4 is 51.2 Å². The van der Waals surface area contributed by atoms with Crippen molar-refractivity contribution in [2.75, 3.05) is 36.4 Å². The Morgan fingerprint density at radius 3 is 2.64 bits per heavy atom. The highest BCUT2D eigenvalue weighted by atomic mass is 35.5. The van der Waals surface area contributed by atoms with Gasteiger partial charge in [-0.1, -0.05) is 36.2 Å². The van der Waals surface area contributed by atoms with Gasteiger partial charge in [0.15, 0.2) is 0 Å². The van der Waals surface area contributed by atoms with Crippen LogP contribution in [0.4, 0.5) is 21.5 Å². The second kappa shape index (κ2) is 13.5. The van der Waals surface area contributed by atoms with Crippen molar-refractivity contribution in [1.29, 1.82) is 5.26 Å². The van der Waals surface area contributed by atoms with Gasteiger partial charge in [0, 0.05) is 67.2 Å². The van der Waals surface area contributed by atoms with Crippen molar-refractivity contribution in [2.24, 2.45) is 0 Å². The molecule has 2 aromatic carbocycles. The van der Waals surface area contributed by atoms with E-state index in [-0.39, 0.29) is 11.1 Å². The summed E-state index contributed by atoms with van der Waals surface area (Å²) in [5, 5.41) is 16.5. The van der Waals surface area contributed by atoms with Crippen LogP contribution >= 0.6 is 23.2 Å². The number of piperidine rings is 1. The van der Waals surface area contributed by atoms with Gasteiger partial charge < -0.3 is 20.5 Å². The number of likely N-dealkylation sites (tertiary alicyclic amines) is 1. The molecule has 4 aromatic rings. The lowest BCUT2D eigenvalue weighted by Gasteiger charge is -2.35. The molecule has 0 radical (unpaired) electrons. The summed E-state index contributed by atoms with van der Waals surface area (Å²) >= 11 is 13.0. The summed E-state index contributed by atoms with van der Waals surface area (Å²) in [4.78, 5) is 13.7. The fourth-order valence-electron chi connectivity index (χ4n) is 6.12. The van der Waals surface area contributed by atoms with E-state index in [1.54, 1.807) is 12.3 Å². The lowest BCUT2D eigenvalue weighted by atomic mass is 10.0. The van der Waals surface area contributed by atoms with E-state index >= 15 is 0 Å². The van der Waals surface area contributed by atoms with Gasteiger partial charge in [-0.25, -0.2) is 4.39 Å². The fraction of sp³-hybridized carbons (Fsp3) is 0.303. The third-order valence-electron chi connectivity index (χ3n) is 8.50. The number of benzene rings is 2. The van der Waals surface area contributed by atoms with Gasteiger partial charge >= 0.3 is 0 Å². The highest BCUT2D eigenvalue weighted by Crippen LogP contribution is 2.40. The summed E-state index contributed by atoms with van der Waals surface area (Å²) in [5.41, 5.74) is 11.5. The molecule has 2 aromatic heterocycles. The molecule has 1 atom stereocenters. The van der Waals surface area contributed by atoms with Crippen molar-refractivity contribution < 1.29 is 4.39 Å². The van der Waals surface area contributed by atoms with Gasteiger partial charge in [0.05, 0.1) is 38.6 Å². The highest BCUT2D eigenvalue weighted by Gasteiger charge is 2.32. The minimum Gasteiger partial charge on any atom is -0.359 e. The van der Waals surface area contributed by atoms with Gasteiger partial charge in [0.25, 0.3) is 0 Å². The molecule has 2 aliphatic rings. The Kier molecular flexibility index (Phi) is 9.24. The standard InChI is InChI=1S/C33H34Cl2FN9/c1-3-43-12-9-24(10-13-43)45-20-30(41-42-45)33(21-6-5-11-38-18-21)44(4-2)25-15-26-31(40-23-7-8-29(36)27(34)14-23)22(17-37)19-39-32(26)28(35)16-25/h5-8,11,14-16,18-20,24,33,41-42H,3-4,9-10,12-13H2,1-2H3,(H,39,40)/t33-/m0/s1. The number of aromatic nitrogens is 2. The van der Waals surface area contributed by atoms with E-state index < -0.39 is 5.82 Å². The van der Waals surface area contributed by atoms with E-state index in [0.717, 1.165) is 49.4 Å². The number of rotatable bonds is 9. The Hall–Kier alpha value is -4.14. The second-order valence-electron chi connectivity index (χ2n) is 11.1. The molecule has 1 fully saturated rings. The number of anilines is 3. The van der Waals surface area contributed by atoms with E-state index in [0.29, 0.717) is 45.5 Å².